The summed E-state index contributed by atoms with van der Waals surface area (Å²) >= 11 is 1.17. The van der Waals surface area contributed by atoms with Gasteiger partial charge in [0.1, 0.15) is 11.5 Å². The molecule has 0 unspecified atom stereocenters. The minimum absolute atomic E-state index is 0.0642. The highest BCUT2D eigenvalue weighted by atomic mass is 32.2. The molecule has 172 valence electrons. The van der Waals surface area contributed by atoms with Gasteiger partial charge in [-0.3, -0.25) is 14.5 Å². The van der Waals surface area contributed by atoms with Gasteiger partial charge in [-0.25, -0.2) is 9.38 Å². The highest BCUT2D eigenvalue weighted by Crippen LogP contribution is 2.31. The zero-order valence-electron chi connectivity index (χ0n) is 18.5. The van der Waals surface area contributed by atoms with Crippen molar-refractivity contribution in [1.82, 2.24) is 0 Å². The highest BCUT2D eigenvalue weighted by Gasteiger charge is 2.32. The summed E-state index contributed by atoms with van der Waals surface area (Å²) in [6, 6.07) is 19.8. The van der Waals surface area contributed by atoms with E-state index in [1.165, 1.54) is 43.0 Å². The smallest absolute Gasteiger partial charge is 0.283 e. The summed E-state index contributed by atoms with van der Waals surface area (Å²) in [6.07, 6.45) is 1.60. The summed E-state index contributed by atoms with van der Waals surface area (Å²) in [5.41, 5.74) is 1.95. The first kappa shape index (κ1) is 23.3. The predicted molar refractivity (Wildman–Crippen MR) is 132 cm³/mol. The second kappa shape index (κ2) is 10.4. The van der Waals surface area contributed by atoms with Crippen LogP contribution in [-0.4, -0.2) is 36.8 Å². The third kappa shape index (κ3) is 5.02. The first-order valence-corrected chi connectivity index (χ1v) is 11.3. The van der Waals surface area contributed by atoms with Crippen LogP contribution in [0.3, 0.4) is 0 Å². The van der Waals surface area contributed by atoms with Crippen LogP contribution >= 0.6 is 11.8 Å². The number of aliphatic imine (C=N–C) groups is 1. The molecule has 0 aromatic heterocycles. The Bertz CT molecular complexity index is 1270. The van der Waals surface area contributed by atoms with Gasteiger partial charge >= 0.3 is 0 Å². The molecule has 0 N–H and O–H groups in total. The lowest BCUT2D eigenvalue weighted by molar-refractivity contribution is -0.113. The van der Waals surface area contributed by atoms with E-state index >= 15 is 0 Å². The number of carbonyl (C=O) groups is 2. The van der Waals surface area contributed by atoms with E-state index < -0.39 is 0 Å². The Labute approximate surface area is 200 Å². The number of anilines is 1. The van der Waals surface area contributed by atoms with E-state index in [1.54, 1.807) is 48.5 Å². The third-order valence-electron chi connectivity index (χ3n) is 5.06. The Balaban J connectivity index is 1.59. The van der Waals surface area contributed by atoms with Crippen LogP contribution in [0.25, 0.3) is 6.08 Å². The first-order chi connectivity index (χ1) is 16.5. The molecule has 0 saturated heterocycles. The van der Waals surface area contributed by atoms with E-state index in [-0.39, 0.29) is 29.0 Å². The number of amides is 1. The molecule has 1 aliphatic heterocycles. The molecule has 1 heterocycles. The number of ether oxygens (including phenoxy) is 2. The number of carbonyl (C=O) groups excluding carboxylic acids is 2. The molecule has 0 saturated carbocycles. The fourth-order valence-electron chi connectivity index (χ4n) is 3.34. The Morgan fingerprint density at radius 3 is 2.38 bits per heavy atom. The Morgan fingerprint density at radius 1 is 1.00 bits per heavy atom. The molecular formula is C26H21FN2O4S. The largest absolute Gasteiger partial charge is 0.493 e. The number of hydrogen-bond donors (Lipinski definition) is 0. The highest BCUT2D eigenvalue weighted by molar-refractivity contribution is 8.14. The van der Waals surface area contributed by atoms with Crippen molar-refractivity contribution in [2.75, 3.05) is 24.9 Å². The van der Waals surface area contributed by atoms with Gasteiger partial charge in [0.2, 0.25) is 0 Å². The van der Waals surface area contributed by atoms with Crippen molar-refractivity contribution in [2.24, 2.45) is 4.99 Å². The number of hydrogen-bond acceptors (Lipinski definition) is 6. The molecule has 0 radical (unpaired) electrons. The van der Waals surface area contributed by atoms with Crippen molar-refractivity contribution < 1.29 is 23.5 Å². The van der Waals surface area contributed by atoms with Gasteiger partial charge in [0, 0.05) is 5.56 Å². The van der Waals surface area contributed by atoms with Gasteiger partial charge in [-0.2, -0.15) is 0 Å². The number of amidine groups is 1. The van der Waals surface area contributed by atoms with Crippen LogP contribution in [0.5, 0.6) is 11.5 Å². The van der Waals surface area contributed by atoms with Gasteiger partial charge < -0.3 is 9.47 Å². The number of methoxy groups -OCH3 is 2. The molecule has 4 rings (SSSR count). The molecule has 0 spiro atoms. The monoisotopic (exact) mass is 476 g/mol. The van der Waals surface area contributed by atoms with Crippen molar-refractivity contribution in [2.45, 2.75) is 0 Å². The van der Waals surface area contributed by atoms with Crippen LogP contribution < -0.4 is 14.4 Å². The molecule has 3 aromatic rings. The minimum Gasteiger partial charge on any atom is -0.493 e. The van der Waals surface area contributed by atoms with Crippen LogP contribution in [0.2, 0.25) is 0 Å². The number of halogens is 1. The SMILES string of the molecule is COc1ccc(C(=O)CSC2=N/C(=C\c3ccc(F)cc3)C(=O)N2c2ccccc2)cc1OC. The second-order valence-corrected chi connectivity index (χ2v) is 8.18. The van der Waals surface area contributed by atoms with Crippen LogP contribution in [-0.2, 0) is 4.79 Å². The average Bonchev–Trinajstić information content (AvgIpc) is 3.18. The summed E-state index contributed by atoms with van der Waals surface area (Å²) in [4.78, 5) is 32.0. The number of rotatable bonds is 7. The lowest BCUT2D eigenvalue weighted by atomic mass is 10.1. The maximum atomic E-state index is 13.3. The molecule has 0 bridgehead atoms. The van der Waals surface area contributed by atoms with Crippen molar-refractivity contribution in [3.05, 3.63) is 95.4 Å². The van der Waals surface area contributed by atoms with Gasteiger partial charge in [-0.15, -0.1) is 0 Å². The standard InChI is InChI=1S/C26H21FN2O4S/c1-32-23-13-10-18(15-24(23)33-2)22(30)16-34-26-28-21(14-17-8-11-19(27)12-9-17)25(31)29(26)20-6-4-3-5-7-20/h3-15H,16H2,1-2H3/b21-14-. The van der Waals surface area contributed by atoms with E-state index in [4.69, 9.17) is 9.47 Å². The van der Waals surface area contributed by atoms with Crippen LogP contribution in [0.4, 0.5) is 10.1 Å². The van der Waals surface area contributed by atoms with Crippen LogP contribution in [0, 0.1) is 5.82 Å². The summed E-state index contributed by atoms with van der Waals surface area (Å²) < 4.78 is 23.8. The van der Waals surface area contributed by atoms with Gasteiger partial charge in [-0.05, 0) is 54.1 Å². The Hall–Kier alpha value is -3.91. The topological polar surface area (TPSA) is 68.2 Å². The lowest BCUT2D eigenvalue weighted by Crippen LogP contribution is -2.30. The molecule has 6 nitrogen and oxygen atoms in total. The lowest BCUT2D eigenvalue weighted by Gasteiger charge is -2.17. The predicted octanol–water partition coefficient (Wildman–Crippen LogP) is 5.20. The summed E-state index contributed by atoms with van der Waals surface area (Å²) in [6.45, 7) is 0. The minimum atomic E-state index is -0.362. The van der Waals surface area contributed by atoms with E-state index in [0.717, 1.165) is 0 Å². The van der Waals surface area contributed by atoms with Crippen LogP contribution in [0.15, 0.2) is 83.5 Å². The van der Waals surface area contributed by atoms with E-state index in [1.807, 2.05) is 18.2 Å². The van der Waals surface area contributed by atoms with Crippen molar-refractivity contribution in [1.29, 1.82) is 0 Å². The van der Waals surface area contributed by atoms with E-state index in [2.05, 4.69) is 4.99 Å². The molecular weight excluding hydrogens is 455 g/mol. The zero-order chi connectivity index (χ0) is 24.1. The Morgan fingerprint density at radius 2 is 1.71 bits per heavy atom. The van der Waals surface area contributed by atoms with Crippen LogP contribution in [0.1, 0.15) is 15.9 Å². The Kier molecular flexibility index (Phi) is 7.08. The maximum Gasteiger partial charge on any atom is 0.283 e. The van der Waals surface area contributed by atoms with Gasteiger partial charge in [0.25, 0.3) is 5.91 Å². The summed E-state index contributed by atoms with van der Waals surface area (Å²) in [5.74, 6) is 0.223. The van der Waals surface area contributed by atoms with Gasteiger partial charge in [0.05, 0.1) is 25.7 Å². The quantitative estimate of drug-likeness (QED) is 0.346. The molecule has 3 aromatic carbocycles. The molecule has 0 atom stereocenters. The fraction of sp³-hybridized carbons (Fsp3) is 0.115. The van der Waals surface area contributed by atoms with Crippen molar-refractivity contribution >= 4 is 40.4 Å². The number of ketones is 1. The van der Waals surface area contributed by atoms with Gasteiger partial charge in [0.15, 0.2) is 22.4 Å². The maximum absolute atomic E-state index is 13.3. The van der Waals surface area contributed by atoms with E-state index in [0.29, 0.717) is 33.5 Å². The molecule has 1 aliphatic rings. The number of Topliss-reactive ketones (excluding diaryl/α,β-unsaturated/α-hetero) is 1. The number of benzene rings is 3. The van der Waals surface area contributed by atoms with E-state index in [9.17, 15) is 14.0 Å². The average molecular weight is 477 g/mol. The fourth-order valence-corrected chi connectivity index (χ4v) is 4.25. The first-order valence-electron chi connectivity index (χ1n) is 10.3. The molecule has 0 aliphatic carbocycles. The van der Waals surface area contributed by atoms with Crippen molar-refractivity contribution in [3.8, 4) is 11.5 Å². The summed E-state index contributed by atoms with van der Waals surface area (Å²) in [5, 5.41) is 0.387. The number of nitrogens with zero attached hydrogens (tertiary/aromatic N) is 2. The third-order valence-corrected chi connectivity index (χ3v) is 5.99. The molecule has 34 heavy (non-hydrogen) atoms. The summed E-state index contributed by atoms with van der Waals surface area (Å²) in [7, 11) is 3.03. The van der Waals surface area contributed by atoms with Gasteiger partial charge in [-0.1, -0.05) is 42.1 Å². The molecule has 8 heteroatoms. The number of thioether (sulfide) groups is 1. The normalized spacial score (nSPS) is 14.3. The zero-order valence-corrected chi connectivity index (χ0v) is 19.3. The van der Waals surface area contributed by atoms with Crippen molar-refractivity contribution in [3.63, 3.8) is 0 Å². The molecule has 1 amide bonds. The molecule has 0 fully saturated rings. The number of para-hydroxylation sites is 1. The second-order valence-electron chi connectivity index (χ2n) is 7.23.